The molecule has 0 radical (unpaired) electrons. The Morgan fingerprint density at radius 2 is 1.82 bits per heavy atom. The number of aliphatic hydroxyl groups excluding tert-OH is 1. The number of ether oxygens (including phenoxy) is 1. The highest BCUT2D eigenvalue weighted by Crippen LogP contribution is 2.25. The van der Waals surface area contributed by atoms with Crippen LogP contribution in [0.5, 0.6) is 0 Å². The van der Waals surface area contributed by atoms with Crippen LogP contribution >= 0.6 is 0 Å². The Morgan fingerprint density at radius 3 is 2.47 bits per heavy atom. The Labute approximate surface area is 101 Å². The van der Waals surface area contributed by atoms with E-state index in [1.54, 1.807) is 7.11 Å². The average Bonchev–Trinajstić information content (AvgIpc) is 2.40. The van der Waals surface area contributed by atoms with E-state index in [2.05, 4.69) is 12.1 Å². The van der Waals surface area contributed by atoms with Crippen molar-refractivity contribution < 1.29 is 9.84 Å². The normalized spacial score (nSPS) is 10.5. The molecule has 2 rings (SSSR count). The highest BCUT2D eigenvalue weighted by molar-refractivity contribution is 5.67. The minimum atomic E-state index is 0.0613. The Bertz CT molecular complexity index is 478. The van der Waals surface area contributed by atoms with Crippen LogP contribution in [0.1, 0.15) is 11.1 Å². The van der Waals surface area contributed by atoms with E-state index in [0.29, 0.717) is 6.61 Å². The van der Waals surface area contributed by atoms with Crippen LogP contribution in [0, 0.1) is 0 Å². The largest absolute Gasteiger partial charge is 0.392 e. The van der Waals surface area contributed by atoms with Crippen molar-refractivity contribution in [1.82, 2.24) is 0 Å². The summed E-state index contributed by atoms with van der Waals surface area (Å²) in [5.41, 5.74) is 4.34. The first-order valence-corrected chi connectivity index (χ1v) is 5.62. The molecule has 0 spiro atoms. The lowest BCUT2D eigenvalue weighted by Crippen LogP contribution is -1.95. The minimum Gasteiger partial charge on any atom is -0.392 e. The van der Waals surface area contributed by atoms with E-state index in [0.717, 1.165) is 16.7 Å². The zero-order valence-electron chi connectivity index (χ0n) is 9.89. The van der Waals surface area contributed by atoms with Gasteiger partial charge in [0.05, 0.1) is 13.2 Å². The fourth-order valence-electron chi connectivity index (χ4n) is 1.92. The number of rotatable bonds is 4. The van der Waals surface area contributed by atoms with E-state index in [-0.39, 0.29) is 6.61 Å². The molecule has 0 atom stereocenters. The molecule has 0 bridgehead atoms. The van der Waals surface area contributed by atoms with Gasteiger partial charge in [-0.2, -0.15) is 0 Å². The topological polar surface area (TPSA) is 29.5 Å². The zero-order chi connectivity index (χ0) is 12.1. The van der Waals surface area contributed by atoms with Crippen LogP contribution in [-0.4, -0.2) is 12.2 Å². The number of methoxy groups -OCH3 is 1. The van der Waals surface area contributed by atoms with Crippen molar-refractivity contribution in [1.29, 1.82) is 0 Å². The van der Waals surface area contributed by atoms with Gasteiger partial charge in [-0.1, -0.05) is 48.5 Å². The predicted octanol–water partition coefficient (Wildman–Crippen LogP) is 2.99. The highest BCUT2D eigenvalue weighted by Gasteiger charge is 2.05. The molecule has 0 aliphatic carbocycles. The summed E-state index contributed by atoms with van der Waals surface area (Å²) >= 11 is 0. The van der Waals surface area contributed by atoms with Gasteiger partial charge in [-0.05, 0) is 22.3 Å². The van der Waals surface area contributed by atoms with Crippen LogP contribution < -0.4 is 0 Å². The van der Waals surface area contributed by atoms with Gasteiger partial charge in [0.15, 0.2) is 0 Å². The van der Waals surface area contributed by atoms with Crippen LogP contribution in [0.3, 0.4) is 0 Å². The molecule has 0 fully saturated rings. The summed E-state index contributed by atoms with van der Waals surface area (Å²) in [7, 11) is 1.68. The Balaban J connectivity index is 2.46. The molecule has 0 aliphatic heterocycles. The molecule has 0 unspecified atom stereocenters. The summed E-state index contributed by atoms with van der Waals surface area (Å²) in [6.45, 7) is 0.615. The second-order valence-electron chi connectivity index (χ2n) is 3.95. The molecule has 2 aromatic rings. The molecular formula is C15H16O2. The third kappa shape index (κ3) is 2.73. The minimum absolute atomic E-state index is 0.0613. The second kappa shape index (κ2) is 5.62. The first kappa shape index (κ1) is 11.8. The van der Waals surface area contributed by atoms with Crippen molar-refractivity contribution in [3.8, 4) is 11.1 Å². The molecule has 17 heavy (non-hydrogen) atoms. The smallest absolute Gasteiger partial charge is 0.0719 e. The van der Waals surface area contributed by atoms with Crippen LogP contribution in [-0.2, 0) is 18.0 Å². The summed E-state index contributed by atoms with van der Waals surface area (Å²) in [5, 5.41) is 9.15. The van der Waals surface area contributed by atoms with E-state index >= 15 is 0 Å². The SMILES string of the molecule is COCc1cc(CO)ccc1-c1ccccc1. The molecule has 0 amide bonds. The van der Waals surface area contributed by atoms with Crippen molar-refractivity contribution >= 4 is 0 Å². The summed E-state index contributed by atoms with van der Waals surface area (Å²) < 4.78 is 5.21. The molecule has 0 saturated carbocycles. The summed E-state index contributed by atoms with van der Waals surface area (Å²) in [6.07, 6.45) is 0. The van der Waals surface area contributed by atoms with E-state index in [1.807, 2.05) is 36.4 Å². The summed E-state index contributed by atoms with van der Waals surface area (Å²) in [4.78, 5) is 0. The van der Waals surface area contributed by atoms with Gasteiger partial charge in [-0.15, -0.1) is 0 Å². The van der Waals surface area contributed by atoms with Gasteiger partial charge in [-0.25, -0.2) is 0 Å². The number of hydrogen-bond donors (Lipinski definition) is 1. The Hall–Kier alpha value is -1.64. The van der Waals surface area contributed by atoms with E-state index in [4.69, 9.17) is 9.84 Å². The highest BCUT2D eigenvalue weighted by atomic mass is 16.5. The number of benzene rings is 2. The van der Waals surface area contributed by atoms with Gasteiger partial charge in [0.25, 0.3) is 0 Å². The van der Waals surface area contributed by atoms with Crippen LogP contribution in [0.15, 0.2) is 48.5 Å². The van der Waals surface area contributed by atoms with Crippen molar-refractivity contribution in [3.05, 3.63) is 59.7 Å². The van der Waals surface area contributed by atoms with Gasteiger partial charge < -0.3 is 9.84 Å². The van der Waals surface area contributed by atoms with E-state index in [9.17, 15) is 0 Å². The van der Waals surface area contributed by atoms with Crippen LogP contribution in [0.25, 0.3) is 11.1 Å². The summed E-state index contributed by atoms with van der Waals surface area (Å²) in [6, 6.07) is 16.2. The lowest BCUT2D eigenvalue weighted by molar-refractivity contribution is 0.185. The second-order valence-corrected chi connectivity index (χ2v) is 3.95. The van der Waals surface area contributed by atoms with Gasteiger partial charge >= 0.3 is 0 Å². The van der Waals surface area contributed by atoms with E-state index < -0.39 is 0 Å². The quantitative estimate of drug-likeness (QED) is 0.871. The molecular weight excluding hydrogens is 212 g/mol. The van der Waals surface area contributed by atoms with Gasteiger partial charge in [0.1, 0.15) is 0 Å². The molecule has 0 aliphatic rings. The average molecular weight is 228 g/mol. The first-order valence-electron chi connectivity index (χ1n) is 5.62. The molecule has 0 aromatic heterocycles. The van der Waals surface area contributed by atoms with Crippen LogP contribution in [0.2, 0.25) is 0 Å². The Morgan fingerprint density at radius 1 is 1.06 bits per heavy atom. The summed E-state index contributed by atoms with van der Waals surface area (Å²) in [5.74, 6) is 0. The van der Waals surface area contributed by atoms with Gasteiger partial charge in [-0.3, -0.25) is 0 Å². The molecule has 2 nitrogen and oxygen atoms in total. The maximum atomic E-state index is 9.15. The third-order valence-electron chi connectivity index (χ3n) is 2.74. The molecule has 1 N–H and O–H groups in total. The van der Waals surface area contributed by atoms with Crippen molar-refractivity contribution in [2.24, 2.45) is 0 Å². The molecule has 2 heteroatoms. The fourth-order valence-corrected chi connectivity index (χ4v) is 1.92. The van der Waals surface area contributed by atoms with Gasteiger partial charge in [0.2, 0.25) is 0 Å². The Kier molecular flexibility index (Phi) is 3.91. The van der Waals surface area contributed by atoms with Gasteiger partial charge in [0, 0.05) is 7.11 Å². The fraction of sp³-hybridized carbons (Fsp3) is 0.200. The van der Waals surface area contributed by atoms with Crippen molar-refractivity contribution in [3.63, 3.8) is 0 Å². The van der Waals surface area contributed by atoms with E-state index in [1.165, 1.54) is 5.56 Å². The van der Waals surface area contributed by atoms with Crippen LogP contribution in [0.4, 0.5) is 0 Å². The molecule has 2 aromatic carbocycles. The maximum Gasteiger partial charge on any atom is 0.0719 e. The zero-order valence-corrected chi connectivity index (χ0v) is 9.89. The lowest BCUT2D eigenvalue weighted by Gasteiger charge is -2.10. The standard InChI is InChI=1S/C15H16O2/c1-17-11-14-9-12(10-16)7-8-15(14)13-5-3-2-4-6-13/h2-9,16H,10-11H2,1H3. The molecule has 0 heterocycles. The van der Waals surface area contributed by atoms with Crippen molar-refractivity contribution in [2.45, 2.75) is 13.2 Å². The number of aliphatic hydroxyl groups is 1. The molecule has 88 valence electrons. The predicted molar refractivity (Wildman–Crippen MR) is 68.5 cm³/mol. The van der Waals surface area contributed by atoms with Crippen molar-refractivity contribution in [2.75, 3.05) is 7.11 Å². The maximum absolute atomic E-state index is 9.15. The first-order chi connectivity index (χ1) is 8.35. The molecule has 0 saturated heterocycles. The lowest BCUT2D eigenvalue weighted by atomic mass is 9.98. The third-order valence-corrected chi connectivity index (χ3v) is 2.74. The monoisotopic (exact) mass is 228 g/mol. The number of hydrogen-bond acceptors (Lipinski definition) is 2.